The molecule has 0 amide bonds. The zero-order valence-corrected chi connectivity index (χ0v) is 24.8. The Hall–Kier alpha value is -3.88. The molecule has 41 heavy (non-hydrogen) atoms. The second-order valence-electron chi connectivity index (χ2n) is 12.6. The van der Waals surface area contributed by atoms with Crippen molar-refractivity contribution < 1.29 is 0 Å². The third-order valence-electron chi connectivity index (χ3n) is 10.8. The maximum absolute atomic E-state index is 3.77. The molecule has 198 valence electrons. The number of fused-ring (bicyclic) bond motifs is 13. The van der Waals surface area contributed by atoms with Crippen LogP contribution in [0.25, 0.3) is 11.1 Å². The van der Waals surface area contributed by atoms with Gasteiger partial charge in [-0.15, -0.1) is 0 Å². The van der Waals surface area contributed by atoms with E-state index in [2.05, 4.69) is 162 Å². The number of hydrogen-bond acceptors (Lipinski definition) is 1. The molecule has 9 rings (SSSR count). The first-order chi connectivity index (χ1) is 20.0. The molecule has 3 atom stereocenters. The van der Waals surface area contributed by atoms with Gasteiger partial charge in [0.05, 0.1) is 11.1 Å². The van der Waals surface area contributed by atoms with Crippen LogP contribution in [0.3, 0.4) is 0 Å². The quantitative estimate of drug-likeness (QED) is 0.213. The number of hydrogen-bond donors (Lipinski definition) is 0. The number of halogens is 1. The smallest absolute Gasteiger partial charge is 0.0541 e. The molecule has 1 spiro atoms. The SMILES string of the molecule is CC12CC=CC=C1N(C1=CC3C(C)(C=C1)c1ccccc1C31c3ccccc3-c3ccccc31)c1ccc(Br)cc12. The van der Waals surface area contributed by atoms with Crippen molar-refractivity contribution >= 4 is 21.6 Å². The molecule has 0 N–H and O–H groups in total. The van der Waals surface area contributed by atoms with Gasteiger partial charge in [-0.2, -0.15) is 0 Å². The molecule has 0 radical (unpaired) electrons. The molecule has 4 aromatic rings. The van der Waals surface area contributed by atoms with Gasteiger partial charge < -0.3 is 4.90 Å². The number of nitrogens with zero attached hydrogens (tertiary/aromatic N) is 1. The fraction of sp³-hybridized carbons (Fsp3) is 0.179. The maximum Gasteiger partial charge on any atom is 0.0541 e. The zero-order valence-electron chi connectivity index (χ0n) is 23.2. The average Bonchev–Trinajstić information content (AvgIpc) is 3.54. The molecule has 0 saturated heterocycles. The summed E-state index contributed by atoms with van der Waals surface area (Å²) >= 11 is 3.77. The highest BCUT2D eigenvalue weighted by Crippen LogP contribution is 2.67. The van der Waals surface area contributed by atoms with E-state index in [1.165, 1.54) is 56.0 Å². The molecule has 1 nitrogen and oxygen atoms in total. The van der Waals surface area contributed by atoms with E-state index >= 15 is 0 Å². The van der Waals surface area contributed by atoms with Gasteiger partial charge in [-0.1, -0.05) is 120 Å². The van der Waals surface area contributed by atoms with Crippen LogP contribution in [0.15, 0.2) is 143 Å². The molecule has 0 saturated carbocycles. The summed E-state index contributed by atoms with van der Waals surface area (Å²) in [4.78, 5) is 2.55. The van der Waals surface area contributed by atoms with Crippen molar-refractivity contribution in [2.24, 2.45) is 5.92 Å². The van der Waals surface area contributed by atoms with Crippen molar-refractivity contribution in [3.05, 3.63) is 171 Å². The monoisotopic (exact) mass is 591 g/mol. The summed E-state index contributed by atoms with van der Waals surface area (Å²) < 4.78 is 1.14. The lowest BCUT2D eigenvalue weighted by Crippen LogP contribution is -2.40. The lowest BCUT2D eigenvalue weighted by Gasteiger charge is -2.42. The Kier molecular flexibility index (Phi) is 4.58. The summed E-state index contributed by atoms with van der Waals surface area (Å²) in [5.74, 6) is 0.225. The van der Waals surface area contributed by atoms with E-state index in [0.717, 1.165) is 10.9 Å². The van der Waals surface area contributed by atoms with Gasteiger partial charge in [0, 0.05) is 32.6 Å². The first-order valence-corrected chi connectivity index (χ1v) is 15.5. The van der Waals surface area contributed by atoms with Crippen molar-refractivity contribution in [2.75, 3.05) is 4.90 Å². The number of allylic oxidation sites excluding steroid dienone is 7. The van der Waals surface area contributed by atoms with Gasteiger partial charge >= 0.3 is 0 Å². The number of benzene rings is 4. The molecule has 4 aromatic carbocycles. The highest BCUT2D eigenvalue weighted by Gasteiger charge is 2.62. The number of rotatable bonds is 1. The summed E-state index contributed by atoms with van der Waals surface area (Å²) in [5.41, 5.74) is 13.4. The predicted octanol–water partition coefficient (Wildman–Crippen LogP) is 9.73. The van der Waals surface area contributed by atoms with Gasteiger partial charge in [0.1, 0.15) is 0 Å². The molecule has 5 aliphatic rings. The molecule has 2 heteroatoms. The van der Waals surface area contributed by atoms with Crippen LogP contribution in [0.2, 0.25) is 0 Å². The van der Waals surface area contributed by atoms with Gasteiger partial charge in [-0.25, -0.2) is 0 Å². The first kappa shape index (κ1) is 23.8. The fourth-order valence-electron chi connectivity index (χ4n) is 8.97. The van der Waals surface area contributed by atoms with Crippen LogP contribution < -0.4 is 4.90 Å². The zero-order chi connectivity index (χ0) is 27.6. The Labute approximate surface area is 250 Å². The van der Waals surface area contributed by atoms with Crippen LogP contribution >= 0.6 is 15.9 Å². The Morgan fingerprint density at radius 3 is 2.15 bits per heavy atom. The lowest BCUT2D eigenvalue weighted by molar-refractivity contribution is 0.369. The van der Waals surface area contributed by atoms with E-state index in [1.807, 2.05) is 0 Å². The van der Waals surface area contributed by atoms with E-state index in [0.29, 0.717) is 0 Å². The van der Waals surface area contributed by atoms with E-state index < -0.39 is 0 Å². The highest BCUT2D eigenvalue weighted by atomic mass is 79.9. The van der Waals surface area contributed by atoms with Crippen LogP contribution in [0.4, 0.5) is 5.69 Å². The molecule has 0 bridgehead atoms. The second-order valence-corrected chi connectivity index (χ2v) is 13.6. The Balaban J connectivity index is 1.33. The van der Waals surface area contributed by atoms with Crippen molar-refractivity contribution in [3.63, 3.8) is 0 Å². The van der Waals surface area contributed by atoms with Gasteiger partial charge in [-0.05, 0) is 82.6 Å². The summed E-state index contributed by atoms with van der Waals surface area (Å²) in [6, 6.07) is 34.3. The third kappa shape index (κ3) is 2.73. The number of anilines is 1. The van der Waals surface area contributed by atoms with Crippen LogP contribution in [-0.2, 0) is 16.2 Å². The van der Waals surface area contributed by atoms with Crippen LogP contribution in [0.1, 0.15) is 48.1 Å². The fourth-order valence-corrected chi connectivity index (χ4v) is 9.34. The normalized spacial score (nSPS) is 27.0. The predicted molar refractivity (Wildman–Crippen MR) is 172 cm³/mol. The minimum absolute atomic E-state index is 0.0494. The van der Waals surface area contributed by atoms with E-state index in [9.17, 15) is 0 Å². The summed E-state index contributed by atoms with van der Waals surface area (Å²) in [6.45, 7) is 4.86. The molecule has 3 unspecified atom stereocenters. The van der Waals surface area contributed by atoms with Gasteiger partial charge in [0.25, 0.3) is 0 Å². The topological polar surface area (TPSA) is 3.24 Å². The molecule has 4 aliphatic carbocycles. The van der Waals surface area contributed by atoms with Crippen molar-refractivity contribution in [2.45, 2.75) is 36.5 Å². The molecular weight excluding hydrogens is 562 g/mol. The second kappa shape index (κ2) is 7.89. The van der Waals surface area contributed by atoms with Crippen molar-refractivity contribution in [1.82, 2.24) is 0 Å². The summed E-state index contributed by atoms with van der Waals surface area (Å²) in [6.07, 6.45) is 15.4. The minimum atomic E-state index is -0.249. The van der Waals surface area contributed by atoms with E-state index in [-0.39, 0.29) is 22.2 Å². The van der Waals surface area contributed by atoms with E-state index in [4.69, 9.17) is 0 Å². The molecule has 1 heterocycles. The Morgan fingerprint density at radius 2 is 1.41 bits per heavy atom. The van der Waals surface area contributed by atoms with Crippen molar-refractivity contribution in [1.29, 1.82) is 0 Å². The molecule has 0 fully saturated rings. The van der Waals surface area contributed by atoms with Crippen LogP contribution in [0.5, 0.6) is 0 Å². The minimum Gasteiger partial charge on any atom is -0.313 e. The molecule has 1 aliphatic heterocycles. The summed E-state index contributed by atoms with van der Waals surface area (Å²) in [5, 5.41) is 0. The first-order valence-electron chi connectivity index (χ1n) is 14.7. The van der Waals surface area contributed by atoms with Gasteiger partial charge in [0.15, 0.2) is 0 Å². The maximum atomic E-state index is 3.77. The third-order valence-corrected chi connectivity index (χ3v) is 11.2. The Bertz CT molecular complexity index is 1890. The Morgan fingerprint density at radius 1 is 0.756 bits per heavy atom. The lowest BCUT2D eigenvalue weighted by atomic mass is 9.61. The average molecular weight is 593 g/mol. The highest BCUT2D eigenvalue weighted by molar-refractivity contribution is 9.10. The van der Waals surface area contributed by atoms with Crippen LogP contribution in [-0.4, -0.2) is 0 Å². The van der Waals surface area contributed by atoms with Crippen molar-refractivity contribution in [3.8, 4) is 11.1 Å². The van der Waals surface area contributed by atoms with E-state index in [1.54, 1.807) is 0 Å². The molecule has 0 aromatic heterocycles. The van der Waals surface area contributed by atoms with Gasteiger partial charge in [0.2, 0.25) is 0 Å². The molecular formula is C39H30BrN. The van der Waals surface area contributed by atoms with Gasteiger partial charge in [-0.3, -0.25) is 0 Å². The standard InChI is InChI=1S/C39H30BrN/c1-37-22-20-26(41-34-19-18-25(40)23-33(34)38(2)21-10-9-17-36(38)41)24-35(37)39(32-16-8-7-15-31(32)37)29-13-5-3-11-27(29)28-12-4-6-14-30(28)39/h3-20,22-24,35H,21H2,1-2H3. The largest absolute Gasteiger partial charge is 0.313 e. The summed E-state index contributed by atoms with van der Waals surface area (Å²) in [7, 11) is 0. The van der Waals surface area contributed by atoms with Crippen LogP contribution in [0, 0.1) is 5.92 Å².